The number of carbonyl (C=O) groups is 1. The number of amides is 1. The second-order valence-corrected chi connectivity index (χ2v) is 5.05. The maximum Gasteiger partial charge on any atom is 0.435 e. The zero-order valence-corrected chi connectivity index (χ0v) is 12.1. The maximum atomic E-state index is 12.9. The Balaban J connectivity index is 2.20. The molecule has 0 aromatic carbocycles. The van der Waals surface area contributed by atoms with E-state index < -0.39 is 11.9 Å². The molecule has 0 spiro atoms. The molecule has 1 amide bonds. The van der Waals surface area contributed by atoms with Crippen molar-refractivity contribution in [1.82, 2.24) is 20.0 Å². The first kappa shape index (κ1) is 15.8. The minimum Gasteiger partial charge on any atom is -0.339 e. The van der Waals surface area contributed by atoms with E-state index in [4.69, 9.17) is 0 Å². The number of alkyl halides is 3. The number of halogens is 3. The van der Waals surface area contributed by atoms with Crippen LogP contribution in [-0.4, -0.2) is 46.8 Å². The molecule has 5 nitrogen and oxygen atoms in total. The van der Waals surface area contributed by atoms with E-state index in [0.717, 1.165) is 0 Å². The van der Waals surface area contributed by atoms with Gasteiger partial charge in [-0.05, 0) is 13.3 Å². The van der Waals surface area contributed by atoms with Gasteiger partial charge in [0.2, 0.25) is 5.91 Å². The van der Waals surface area contributed by atoms with Crippen LogP contribution < -0.4 is 5.32 Å². The molecular weight excluding hydrogens is 285 g/mol. The van der Waals surface area contributed by atoms with Gasteiger partial charge in [-0.25, -0.2) is 0 Å². The van der Waals surface area contributed by atoms with Gasteiger partial charge in [-0.1, -0.05) is 6.92 Å². The topological polar surface area (TPSA) is 50.2 Å². The monoisotopic (exact) mass is 304 g/mol. The van der Waals surface area contributed by atoms with Crippen LogP contribution in [0.25, 0.3) is 0 Å². The molecule has 1 fully saturated rings. The molecule has 1 N–H and O–H groups in total. The highest BCUT2D eigenvalue weighted by atomic mass is 19.4. The van der Waals surface area contributed by atoms with Gasteiger partial charge < -0.3 is 10.2 Å². The maximum absolute atomic E-state index is 12.9. The fraction of sp³-hybridized carbons (Fsp3) is 0.692. The summed E-state index contributed by atoms with van der Waals surface area (Å²) in [7, 11) is 0. The standard InChI is InChI=1S/C13H19F3N4O/c1-3-10-9(2)20(18-12(10)13(14,15)16)8-11(21)19-6-4-17-5-7-19/h17H,3-8H2,1-2H3. The van der Waals surface area contributed by atoms with Crippen molar-refractivity contribution in [2.45, 2.75) is 33.0 Å². The Morgan fingerprint density at radius 2 is 1.95 bits per heavy atom. The first-order chi connectivity index (χ1) is 9.84. The third kappa shape index (κ3) is 3.37. The van der Waals surface area contributed by atoms with Crippen LogP contribution in [0.2, 0.25) is 0 Å². The molecule has 1 aromatic heterocycles. The molecule has 0 aliphatic carbocycles. The number of rotatable bonds is 3. The van der Waals surface area contributed by atoms with Crippen molar-refractivity contribution in [3.8, 4) is 0 Å². The Morgan fingerprint density at radius 3 is 2.43 bits per heavy atom. The molecule has 1 aromatic rings. The molecule has 0 unspecified atom stereocenters. The van der Waals surface area contributed by atoms with Crippen molar-refractivity contribution in [2.24, 2.45) is 0 Å². The van der Waals surface area contributed by atoms with Crippen molar-refractivity contribution in [3.05, 3.63) is 17.0 Å². The third-order valence-electron chi connectivity index (χ3n) is 3.71. The summed E-state index contributed by atoms with van der Waals surface area (Å²) >= 11 is 0. The Hall–Kier alpha value is -1.57. The van der Waals surface area contributed by atoms with Gasteiger partial charge in [0.1, 0.15) is 6.54 Å². The van der Waals surface area contributed by atoms with E-state index in [1.54, 1.807) is 18.7 Å². The predicted molar refractivity (Wildman–Crippen MR) is 70.8 cm³/mol. The zero-order valence-electron chi connectivity index (χ0n) is 12.1. The fourth-order valence-corrected chi connectivity index (χ4v) is 2.53. The lowest BCUT2D eigenvalue weighted by molar-refractivity contribution is -0.142. The van der Waals surface area contributed by atoms with Crippen LogP contribution in [0.1, 0.15) is 23.9 Å². The molecule has 0 bridgehead atoms. The van der Waals surface area contributed by atoms with E-state index in [1.807, 2.05) is 0 Å². The number of hydrogen-bond acceptors (Lipinski definition) is 3. The van der Waals surface area contributed by atoms with Gasteiger partial charge in [0.15, 0.2) is 5.69 Å². The third-order valence-corrected chi connectivity index (χ3v) is 3.71. The van der Waals surface area contributed by atoms with Gasteiger partial charge in [-0.2, -0.15) is 18.3 Å². The van der Waals surface area contributed by atoms with Crippen LogP contribution in [0.4, 0.5) is 13.2 Å². The lowest BCUT2D eigenvalue weighted by Crippen LogP contribution is -2.47. The second-order valence-electron chi connectivity index (χ2n) is 5.05. The van der Waals surface area contributed by atoms with E-state index in [2.05, 4.69) is 10.4 Å². The van der Waals surface area contributed by atoms with Crippen LogP contribution in [0.5, 0.6) is 0 Å². The number of nitrogens with zero attached hydrogens (tertiary/aromatic N) is 3. The van der Waals surface area contributed by atoms with E-state index >= 15 is 0 Å². The summed E-state index contributed by atoms with van der Waals surface area (Å²) in [5.41, 5.74) is -0.306. The second kappa shape index (κ2) is 6.05. The summed E-state index contributed by atoms with van der Waals surface area (Å²) in [4.78, 5) is 13.8. The van der Waals surface area contributed by atoms with Crippen molar-refractivity contribution in [3.63, 3.8) is 0 Å². The highest BCUT2D eigenvalue weighted by molar-refractivity contribution is 5.76. The van der Waals surface area contributed by atoms with Gasteiger partial charge >= 0.3 is 6.18 Å². The summed E-state index contributed by atoms with van der Waals surface area (Å²) in [6.07, 6.45) is -4.25. The molecule has 0 atom stereocenters. The van der Waals surface area contributed by atoms with Crippen molar-refractivity contribution < 1.29 is 18.0 Å². The smallest absolute Gasteiger partial charge is 0.339 e. The van der Waals surface area contributed by atoms with Crippen LogP contribution in [0.3, 0.4) is 0 Å². The van der Waals surface area contributed by atoms with Gasteiger partial charge in [0.05, 0.1) is 0 Å². The quantitative estimate of drug-likeness (QED) is 0.913. The van der Waals surface area contributed by atoms with E-state index in [9.17, 15) is 18.0 Å². The average molecular weight is 304 g/mol. The van der Waals surface area contributed by atoms with E-state index in [1.165, 1.54) is 4.68 Å². The number of nitrogens with one attached hydrogen (secondary N) is 1. The molecule has 0 saturated carbocycles. The predicted octanol–water partition coefficient (Wildman–Crippen LogP) is 1.20. The lowest BCUT2D eigenvalue weighted by Gasteiger charge is -2.27. The molecule has 118 valence electrons. The molecule has 1 saturated heterocycles. The summed E-state index contributed by atoms with van der Waals surface area (Å²) in [5.74, 6) is -0.196. The SMILES string of the molecule is CCc1c(C(F)(F)F)nn(CC(=O)N2CCNCC2)c1C. The molecular formula is C13H19F3N4O. The first-order valence-electron chi connectivity index (χ1n) is 6.96. The number of carbonyl (C=O) groups excluding carboxylic acids is 1. The lowest BCUT2D eigenvalue weighted by atomic mass is 10.1. The summed E-state index contributed by atoms with van der Waals surface area (Å²) < 4.78 is 40.0. The van der Waals surface area contributed by atoms with E-state index in [-0.39, 0.29) is 24.4 Å². The number of aromatic nitrogens is 2. The normalized spacial score (nSPS) is 16.3. The fourth-order valence-electron chi connectivity index (χ4n) is 2.53. The van der Waals surface area contributed by atoms with Crippen LogP contribution in [-0.2, 0) is 23.9 Å². The molecule has 21 heavy (non-hydrogen) atoms. The van der Waals surface area contributed by atoms with Gasteiger partial charge in [0, 0.05) is 37.4 Å². The minimum absolute atomic E-state index is 0.144. The number of piperazine rings is 1. The molecule has 1 aliphatic rings. The van der Waals surface area contributed by atoms with Crippen molar-refractivity contribution in [2.75, 3.05) is 26.2 Å². The zero-order chi connectivity index (χ0) is 15.6. The van der Waals surface area contributed by atoms with Gasteiger partial charge in [-0.3, -0.25) is 9.48 Å². The highest BCUT2D eigenvalue weighted by Gasteiger charge is 2.38. The molecule has 8 heteroatoms. The Bertz CT molecular complexity index is 518. The summed E-state index contributed by atoms with van der Waals surface area (Å²) in [6, 6.07) is 0. The summed E-state index contributed by atoms with van der Waals surface area (Å²) in [5, 5.41) is 6.74. The van der Waals surface area contributed by atoms with Gasteiger partial charge in [0.25, 0.3) is 0 Å². The molecule has 0 radical (unpaired) electrons. The number of hydrogen-bond donors (Lipinski definition) is 1. The Labute approximate surface area is 121 Å². The molecule has 1 aliphatic heterocycles. The highest BCUT2D eigenvalue weighted by Crippen LogP contribution is 2.32. The first-order valence-corrected chi connectivity index (χ1v) is 6.96. The average Bonchev–Trinajstić information content (AvgIpc) is 2.76. The van der Waals surface area contributed by atoms with Crippen LogP contribution in [0.15, 0.2) is 0 Å². The minimum atomic E-state index is -4.49. The van der Waals surface area contributed by atoms with Crippen LogP contribution in [0, 0.1) is 6.92 Å². The largest absolute Gasteiger partial charge is 0.435 e. The van der Waals surface area contributed by atoms with Crippen molar-refractivity contribution >= 4 is 5.91 Å². The van der Waals surface area contributed by atoms with E-state index in [0.29, 0.717) is 31.9 Å². The molecule has 2 heterocycles. The molecule has 2 rings (SSSR count). The summed E-state index contributed by atoms with van der Waals surface area (Å²) in [6.45, 7) is 5.65. The Kier molecular flexibility index (Phi) is 4.55. The Morgan fingerprint density at radius 1 is 1.33 bits per heavy atom. The van der Waals surface area contributed by atoms with Crippen molar-refractivity contribution in [1.29, 1.82) is 0 Å². The van der Waals surface area contributed by atoms with Gasteiger partial charge in [-0.15, -0.1) is 0 Å². The van der Waals surface area contributed by atoms with Crippen LogP contribution >= 0.6 is 0 Å².